The second-order valence-electron chi connectivity index (χ2n) is 3.85. The standard InChI is InChI=1S/C11H23N5O3S/c1-12-3-4-16-11(13-14-15-16)20-10-9-19-8-7-18-6-5-17-2/h12H,3-10H2,1-2H3. The van der Waals surface area contributed by atoms with Gasteiger partial charge in [-0.15, -0.1) is 5.10 Å². The van der Waals surface area contributed by atoms with Crippen LogP contribution in [0.4, 0.5) is 0 Å². The maximum Gasteiger partial charge on any atom is 0.209 e. The third kappa shape index (κ3) is 7.75. The zero-order chi connectivity index (χ0) is 14.5. The largest absolute Gasteiger partial charge is 0.382 e. The van der Waals surface area contributed by atoms with Crippen molar-refractivity contribution in [1.82, 2.24) is 25.5 Å². The van der Waals surface area contributed by atoms with Crippen LogP contribution in [0, 0.1) is 0 Å². The predicted octanol–water partition coefficient (Wildman–Crippen LogP) is -0.336. The third-order valence-corrected chi connectivity index (χ3v) is 3.26. The van der Waals surface area contributed by atoms with E-state index in [1.165, 1.54) is 0 Å². The van der Waals surface area contributed by atoms with Crippen molar-refractivity contribution in [3.05, 3.63) is 0 Å². The van der Waals surface area contributed by atoms with Crippen molar-refractivity contribution in [1.29, 1.82) is 0 Å². The fraction of sp³-hybridized carbons (Fsp3) is 0.909. The number of nitrogens with zero attached hydrogens (tertiary/aromatic N) is 4. The van der Waals surface area contributed by atoms with Gasteiger partial charge in [0.25, 0.3) is 0 Å². The van der Waals surface area contributed by atoms with Crippen LogP contribution in [-0.4, -0.2) is 79.7 Å². The molecule has 0 amide bonds. The molecular formula is C11H23N5O3S. The minimum Gasteiger partial charge on any atom is -0.382 e. The van der Waals surface area contributed by atoms with Crippen LogP contribution in [0.25, 0.3) is 0 Å². The first-order valence-corrected chi connectivity index (χ1v) is 7.55. The predicted molar refractivity (Wildman–Crippen MR) is 76.0 cm³/mol. The number of likely N-dealkylation sites (N-methyl/N-ethyl adjacent to an activating group) is 1. The molecule has 0 saturated heterocycles. The minimum absolute atomic E-state index is 0.591. The average molecular weight is 305 g/mol. The first-order chi connectivity index (χ1) is 9.88. The molecule has 0 fully saturated rings. The number of ether oxygens (including phenoxy) is 3. The number of nitrogens with one attached hydrogen (secondary N) is 1. The average Bonchev–Trinajstić information content (AvgIpc) is 2.91. The van der Waals surface area contributed by atoms with Gasteiger partial charge in [-0.05, 0) is 17.5 Å². The van der Waals surface area contributed by atoms with Crippen molar-refractivity contribution in [2.75, 3.05) is 59.5 Å². The van der Waals surface area contributed by atoms with E-state index in [2.05, 4.69) is 20.8 Å². The van der Waals surface area contributed by atoms with E-state index in [1.54, 1.807) is 23.6 Å². The molecule has 1 aromatic rings. The summed E-state index contributed by atoms with van der Waals surface area (Å²) in [5.41, 5.74) is 0. The molecule has 0 atom stereocenters. The van der Waals surface area contributed by atoms with E-state index in [4.69, 9.17) is 14.2 Å². The van der Waals surface area contributed by atoms with Gasteiger partial charge in [-0.1, -0.05) is 11.8 Å². The molecule has 1 aromatic heterocycles. The van der Waals surface area contributed by atoms with E-state index in [0.717, 1.165) is 24.0 Å². The molecule has 8 nitrogen and oxygen atoms in total. The van der Waals surface area contributed by atoms with E-state index in [1.807, 2.05) is 7.05 Å². The lowest BCUT2D eigenvalue weighted by Gasteiger charge is -2.06. The Labute approximate surface area is 123 Å². The Kier molecular flexibility index (Phi) is 10.4. The second-order valence-corrected chi connectivity index (χ2v) is 4.92. The van der Waals surface area contributed by atoms with Crippen molar-refractivity contribution in [3.63, 3.8) is 0 Å². The minimum atomic E-state index is 0.591. The molecule has 0 aliphatic heterocycles. The molecule has 1 rings (SSSR count). The van der Waals surface area contributed by atoms with Crippen LogP contribution in [0.5, 0.6) is 0 Å². The van der Waals surface area contributed by atoms with Gasteiger partial charge in [0.1, 0.15) is 0 Å². The van der Waals surface area contributed by atoms with Gasteiger partial charge in [0, 0.05) is 19.4 Å². The molecule has 1 heterocycles. The summed E-state index contributed by atoms with van der Waals surface area (Å²) in [4.78, 5) is 0. The Hall–Kier alpha value is -0.740. The molecule has 0 aliphatic carbocycles. The summed E-state index contributed by atoms with van der Waals surface area (Å²) < 4.78 is 17.4. The van der Waals surface area contributed by atoms with Gasteiger partial charge < -0.3 is 19.5 Å². The molecule has 0 spiro atoms. The number of tetrazole rings is 1. The van der Waals surface area contributed by atoms with Crippen LogP contribution in [0.15, 0.2) is 5.16 Å². The lowest BCUT2D eigenvalue weighted by atomic mass is 10.6. The summed E-state index contributed by atoms with van der Waals surface area (Å²) in [6, 6.07) is 0. The number of hydrogen-bond donors (Lipinski definition) is 1. The van der Waals surface area contributed by atoms with Gasteiger partial charge in [-0.25, -0.2) is 4.68 Å². The number of hydrogen-bond acceptors (Lipinski definition) is 8. The van der Waals surface area contributed by atoms with Crippen LogP contribution < -0.4 is 5.32 Å². The maximum atomic E-state index is 5.46. The summed E-state index contributed by atoms with van der Waals surface area (Å²) in [6.07, 6.45) is 0. The Morgan fingerprint density at radius 1 is 1.15 bits per heavy atom. The molecule has 0 bridgehead atoms. The van der Waals surface area contributed by atoms with E-state index in [9.17, 15) is 0 Å². The Morgan fingerprint density at radius 2 is 1.90 bits per heavy atom. The van der Waals surface area contributed by atoms with E-state index in [0.29, 0.717) is 33.0 Å². The number of methoxy groups -OCH3 is 1. The Morgan fingerprint density at radius 3 is 2.65 bits per heavy atom. The molecule has 0 unspecified atom stereocenters. The van der Waals surface area contributed by atoms with E-state index >= 15 is 0 Å². The van der Waals surface area contributed by atoms with Gasteiger partial charge in [0.15, 0.2) is 0 Å². The molecule has 0 aromatic carbocycles. The van der Waals surface area contributed by atoms with Gasteiger partial charge in [0.2, 0.25) is 5.16 Å². The Bertz CT molecular complexity index is 340. The lowest BCUT2D eigenvalue weighted by Crippen LogP contribution is -2.16. The topological polar surface area (TPSA) is 83.3 Å². The Balaban J connectivity index is 1.99. The van der Waals surface area contributed by atoms with Gasteiger partial charge in [-0.3, -0.25) is 0 Å². The maximum absolute atomic E-state index is 5.46. The normalized spacial score (nSPS) is 11.1. The highest BCUT2D eigenvalue weighted by molar-refractivity contribution is 7.99. The second kappa shape index (κ2) is 12.0. The highest BCUT2D eigenvalue weighted by Crippen LogP contribution is 2.12. The molecule has 20 heavy (non-hydrogen) atoms. The number of rotatable bonds is 13. The highest BCUT2D eigenvalue weighted by atomic mass is 32.2. The van der Waals surface area contributed by atoms with Gasteiger partial charge in [-0.2, -0.15) is 0 Å². The quantitative estimate of drug-likeness (QED) is 0.392. The summed E-state index contributed by atoms with van der Waals surface area (Å²) >= 11 is 1.59. The van der Waals surface area contributed by atoms with Crippen molar-refractivity contribution in [2.45, 2.75) is 11.7 Å². The molecule has 116 valence electrons. The summed E-state index contributed by atoms with van der Waals surface area (Å²) in [5, 5.41) is 15.5. The molecular weight excluding hydrogens is 282 g/mol. The molecule has 0 aliphatic rings. The van der Waals surface area contributed by atoms with Gasteiger partial charge in [0.05, 0.1) is 39.6 Å². The van der Waals surface area contributed by atoms with E-state index < -0.39 is 0 Å². The number of aromatic nitrogens is 4. The zero-order valence-corrected chi connectivity index (χ0v) is 12.9. The summed E-state index contributed by atoms with van der Waals surface area (Å²) in [5.74, 6) is 0.817. The van der Waals surface area contributed by atoms with Crippen LogP contribution >= 0.6 is 11.8 Å². The summed E-state index contributed by atoms with van der Waals surface area (Å²) in [6.45, 7) is 4.66. The third-order valence-electron chi connectivity index (χ3n) is 2.34. The molecule has 0 saturated carbocycles. The zero-order valence-electron chi connectivity index (χ0n) is 12.1. The highest BCUT2D eigenvalue weighted by Gasteiger charge is 2.05. The van der Waals surface area contributed by atoms with Crippen molar-refractivity contribution in [3.8, 4) is 0 Å². The molecule has 0 radical (unpaired) electrons. The van der Waals surface area contributed by atoms with Crippen LogP contribution in [0.3, 0.4) is 0 Å². The lowest BCUT2D eigenvalue weighted by molar-refractivity contribution is 0.0286. The molecule has 9 heteroatoms. The van der Waals surface area contributed by atoms with Crippen LogP contribution in [-0.2, 0) is 20.8 Å². The fourth-order valence-corrected chi connectivity index (χ4v) is 2.07. The molecule has 1 N–H and O–H groups in total. The first-order valence-electron chi connectivity index (χ1n) is 6.56. The van der Waals surface area contributed by atoms with Crippen LogP contribution in [0.2, 0.25) is 0 Å². The van der Waals surface area contributed by atoms with Crippen molar-refractivity contribution < 1.29 is 14.2 Å². The SMILES string of the molecule is CNCCn1nnnc1SCCOCCOCCOC. The van der Waals surface area contributed by atoms with Crippen molar-refractivity contribution in [2.24, 2.45) is 0 Å². The summed E-state index contributed by atoms with van der Waals surface area (Å²) in [7, 11) is 3.56. The van der Waals surface area contributed by atoms with Crippen LogP contribution in [0.1, 0.15) is 0 Å². The first kappa shape index (κ1) is 17.3. The monoisotopic (exact) mass is 305 g/mol. The van der Waals surface area contributed by atoms with Gasteiger partial charge >= 0.3 is 0 Å². The van der Waals surface area contributed by atoms with Crippen molar-refractivity contribution >= 4 is 11.8 Å². The smallest absolute Gasteiger partial charge is 0.209 e. The number of thioether (sulfide) groups is 1. The van der Waals surface area contributed by atoms with E-state index in [-0.39, 0.29) is 0 Å². The fourth-order valence-electron chi connectivity index (χ4n) is 1.31.